The van der Waals surface area contributed by atoms with Gasteiger partial charge in [0.25, 0.3) is 0 Å². The van der Waals surface area contributed by atoms with Gasteiger partial charge in [-0.3, -0.25) is 0 Å². The summed E-state index contributed by atoms with van der Waals surface area (Å²) in [6, 6.07) is 8.07. The van der Waals surface area contributed by atoms with Crippen LogP contribution in [-0.4, -0.2) is 24.5 Å². The van der Waals surface area contributed by atoms with Gasteiger partial charge >= 0.3 is 0 Å². The molecule has 1 aromatic rings. The smallest absolute Gasteiger partial charge is 0.0620 e. The van der Waals surface area contributed by atoms with E-state index in [0.29, 0.717) is 6.54 Å². The van der Waals surface area contributed by atoms with E-state index in [0.717, 1.165) is 5.56 Å². The van der Waals surface area contributed by atoms with Crippen LogP contribution in [0, 0.1) is 6.92 Å². The van der Waals surface area contributed by atoms with E-state index in [1.165, 1.54) is 5.56 Å². The second-order valence-electron chi connectivity index (χ2n) is 2.80. The van der Waals surface area contributed by atoms with Gasteiger partial charge in [-0.25, -0.2) is 0 Å². The lowest BCUT2D eigenvalue weighted by atomic mass is 10.2. The van der Waals surface area contributed by atoms with Gasteiger partial charge in [0.05, 0.1) is 19.4 Å². The summed E-state index contributed by atoms with van der Waals surface area (Å²) >= 11 is 0. The fraction of sp³-hybridized carbons (Fsp3) is 0.300. The molecule has 0 aliphatic heterocycles. The highest BCUT2D eigenvalue weighted by molar-refractivity contribution is 5.79. The zero-order valence-corrected chi connectivity index (χ0v) is 7.70. The lowest BCUT2D eigenvalue weighted by Crippen LogP contribution is -2.11. The van der Waals surface area contributed by atoms with E-state index in [-0.39, 0.29) is 6.61 Å². The Labute approximate surface area is 78.1 Å². The maximum absolute atomic E-state index is 8.46. The minimum Gasteiger partial charge on any atom is -0.394 e. The number of aliphatic hydroxyl groups excluding tert-OH is 1. The SMILES string of the molecule is Cc1ccc(/C=N/NCCO)cc1. The average Bonchev–Trinajstić information content (AvgIpc) is 2.15. The van der Waals surface area contributed by atoms with Gasteiger partial charge in [0.15, 0.2) is 0 Å². The lowest BCUT2D eigenvalue weighted by molar-refractivity contribution is 0.294. The van der Waals surface area contributed by atoms with E-state index >= 15 is 0 Å². The molecule has 0 bridgehead atoms. The number of aryl methyl sites for hydroxylation is 1. The maximum atomic E-state index is 8.46. The molecular weight excluding hydrogens is 164 g/mol. The van der Waals surface area contributed by atoms with Gasteiger partial charge in [-0.2, -0.15) is 5.10 Å². The molecule has 0 aromatic heterocycles. The average molecular weight is 178 g/mol. The zero-order chi connectivity index (χ0) is 9.52. The Morgan fingerprint density at radius 1 is 1.38 bits per heavy atom. The first-order valence-electron chi connectivity index (χ1n) is 4.26. The van der Waals surface area contributed by atoms with Gasteiger partial charge in [-0.15, -0.1) is 0 Å². The highest BCUT2D eigenvalue weighted by Crippen LogP contribution is 1.99. The third-order valence-electron chi connectivity index (χ3n) is 1.61. The fourth-order valence-corrected chi connectivity index (χ4v) is 0.887. The zero-order valence-electron chi connectivity index (χ0n) is 7.70. The van der Waals surface area contributed by atoms with Crippen molar-refractivity contribution in [2.24, 2.45) is 5.10 Å². The summed E-state index contributed by atoms with van der Waals surface area (Å²) in [5.41, 5.74) is 5.01. The predicted molar refractivity (Wildman–Crippen MR) is 53.9 cm³/mol. The van der Waals surface area contributed by atoms with Crippen LogP contribution in [0.1, 0.15) is 11.1 Å². The topological polar surface area (TPSA) is 44.6 Å². The minimum absolute atomic E-state index is 0.102. The van der Waals surface area contributed by atoms with Crippen molar-refractivity contribution in [3.8, 4) is 0 Å². The molecule has 0 spiro atoms. The summed E-state index contributed by atoms with van der Waals surface area (Å²) < 4.78 is 0. The molecule has 3 heteroatoms. The molecule has 13 heavy (non-hydrogen) atoms. The van der Waals surface area contributed by atoms with Crippen molar-refractivity contribution >= 4 is 6.21 Å². The molecule has 0 amide bonds. The van der Waals surface area contributed by atoms with E-state index in [4.69, 9.17) is 5.11 Å². The van der Waals surface area contributed by atoms with E-state index in [1.807, 2.05) is 31.2 Å². The van der Waals surface area contributed by atoms with Crippen LogP contribution in [0.3, 0.4) is 0 Å². The van der Waals surface area contributed by atoms with Crippen LogP contribution in [-0.2, 0) is 0 Å². The first-order chi connectivity index (χ1) is 6.33. The minimum atomic E-state index is 0.102. The second-order valence-corrected chi connectivity index (χ2v) is 2.80. The van der Waals surface area contributed by atoms with Crippen molar-refractivity contribution in [1.29, 1.82) is 0 Å². The summed E-state index contributed by atoms with van der Waals surface area (Å²) in [7, 11) is 0. The van der Waals surface area contributed by atoms with Gasteiger partial charge in [0.2, 0.25) is 0 Å². The molecular formula is C10H14N2O. The van der Waals surface area contributed by atoms with Crippen LogP contribution in [0.5, 0.6) is 0 Å². The molecule has 0 aliphatic rings. The van der Waals surface area contributed by atoms with E-state index < -0.39 is 0 Å². The van der Waals surface area contributed by atoms with Crippen molar-refractivity contribution in [3.63, 3.8) is 0 Å². The van der Waals surface area contributed by atoms with Crippen molar-refractivity contribution in [2.75, 3.05) is 13.2 Å². The number of benzene rings is 1. The molecule has 3 nitrogen and oxygen atoms in total. The van der Waals surface area contributed by atoms with Crippen LogP contribution in [0.25, 0.3) is 0 Å². The largest absolute Gasteiger partial charge is 0.394 e. The molecule has 1 rings (SSSR count). The summed E-state index contributed by atoms with van der Waals surface area (Å²) in [5, 5.41) is 12.4. The molecule has 0 unspecified atom stereocenters. The van der Waals surface area contributed by atoms with Crippen LogP contribution < -0.4 is 5.43 Å². The summed E-state index contributed by atoms with van der Waals surface area (Å²) in [6.07, 6.45) is 1.73. The van der Waals surface area contributed by atoms with E-state index in [9.17, 15) is 0 Å². The Hall–Kier alpha value is -1.35. The van der Waals surface area contributed by atoms with Crippen LogP contribution in [0.15, 0.2) is 29.4 Å². The first-order valence-corrected chi connectivity index (χ1v) is 4.26. The second kappa shape index (κ2) is 5.32. The first kappa shape index (κ1) is 9.74. The standard InChI is InChI=1S/C10H14N2O/c1-9-2-4-10(5-3-9)8-12-11-6-7-13/h2-5,8,11,13H,6-7H2,1H3/b12-8+. The van der Waals surface area contributed by atoms with Gasteiger partial charge < -0.3 is 10.5 Å². The lowest BCUT2D eigenvalue weighted by Gasteiger charge is -1.96. The quantitative estimate of drug-likeness (QED) is 0.409. The molecule has 1 aromatic carbocycles. The van der Waals surface area contributed by atoms with Gasteiger partial charge in [-0.05, 0) is 12.5 Å². The van der Waals surface area contributed by atoms with Gasteiger partial charge in [-0.1, -0.05) is 29.8 Å². The molecule has 0 aliphatic carbocycles. The van der Waals surface area contributed by atoms with Crippen molar-refractivity contribution in [3.05, 3.63) is 35.4 Å². The molecule has 0 radical (unpaired) electrons. The highest BCUT2D eigenvalue weighted by Gasteiger charge is 1.85. The maximum Gasteiger partial charge on any atom is 0.0620 e. The number of nitrogens with one attached hydrogen (secondary N) is 1. The highest BCUT2D eigenvalue weighted by atomic mass is 16.3. The van der Waals surface area contributed by atoms with E-state index in [1.54, 1.807) is 6.21 Å². The monoisotopic (exact) mass is 178 g/mol. The van der Waals surface area contributed by atoms with Crippen LogP contribution >= 0.6 is 0 Å². The number of aliphatic hydroxyl groups is 1. The fourth-order valence-electron chi connectivity index (χ4n) is 0.887. The number of hydrogen-bond donors (Lipinski definition) is 2. The third-order valence-corrected chi connectivity index (χ3v) is 1.61. The van der Waals surface area contributed by atoms with Crippen molar-refractivity contribution in [2.45, 2.75) is 6.92 Å². The Morgan fingerprint density at radius 2 is 2.08 bits per heavy atom. The molecule has 2 N–H and O–H groups in total. The molecule has 0 heterocycles. The Morgan fingerprint density at radius 3 is 2.69 bits per heavy atom. The number of rotatable bonds is 4. The molecule has 70 valence electrons. The Balaban J connectivity index is 2.44. The number of hydrogen-bond acceptors (Lipinski definition) is 3. The van der Waals surface area contributed by atoms with Crippen LogP contribution in [0.2, 0.25) is 0 Å². The van der Waals surface area contributed by atoms with Crippen molar-refractivity contribution in [1.82, 2.24) is 5.43 Å². The van der Waals surface area contributed by atoms with Crippen molar-refractivity contribution < 1.29 is 5.11 Å². The Kier molecular flexibility index (Phi) is 3.99. The summed E-state index contributed by atoms with van der Waals surface area (Å²) in [5.74, 6) is 0. The Bertz CT molecular complexity index is 267. The molecule has 0 saturated heterocycles. The van der Waals surface area contributed by atoms with Gasteiger partial charge in [0, 0.05) is 0 Å². The van der Waals surface area contributed by atoms with E-state index in [2.05, 4.69) is 10.5 Å². The summed E-state index contributed by atoms with van der Waals surface area (Å²) in [4.78, 5) is 0. The summed E-state index contributed by atoms with van der Waals surface area (Å²) in [6.45, 7) is 2.64. The normalized spacial score (nSPS) is 10.6. The third kappa shape index (κ3) is 3.71. The number of nitrogens with zero attached hydrogens (tertiary/aromatic N) is 1. The molecule has 0 saturated carbocycles. The van der Waals surface area contributed by atoms with Gasteiger partial charge in [0.1, 0.15) is 0 Å². The van der Waals surface area contributed by atoms with Crippen LogP contribution in [0.4, 0.5) is 0 Å². The molecule has 0 atom stereocenters. The predicted octanol–water partition coefficient (Wildman–Crippen LogP) is 0.911. The molecule has 0 fully saturated rings. The number of hydrazone groups is 1.